The van der Waals surface area contributed by atoms with Crippen LogP contribution in [0.15, 0.2) is 0 Å². The van der Waals surface area contributed by atoms with Crippen LogP contribution in [0.5, 0.6) is 0 Å². The van der Waals surface area contributed by atoms with Crippen LogP contribution in [0, 0.1) is 5.92 Å². The van der Waals surface area contributed by atoms with Gasteiger partial charge in [-0.1, -0.05) is 90.9 Å². The molecule has 26 heavy (non-hydrogen) atoms. The van der Waals surface area contributed by atoms with Crippen molar-refractivity contribution in [2.24, 2.45) is 5.92 Å². The Hall–Kier alpha value is -0.0400. The molecular weight excluding hydrogens is 314 g/mol. The van der Waals surface area contributed by atoms with Crippen molar-refractivity contribution in [1.82, 2.24) is 0 Å². The van der Waals surface area contributed by atoms with Gasteiger partial charge in [-0.2, -0.15) is 0 Å². The summed E-state index contributed by atoms with van der Waals surface area (Å²) in [6, 6.07) is 0.840. The highest BCUT2D eigenvalue weighted by atomic mass is 15.4. The van der Waals surface area contributed by atoms with Crippen molar-refractivity contribution in [2.45, 2.75) is 136 Å². The number of hydrogen-bond acceptors (Lipinski definition) is 0. The minimum Gasteiger partial charge on any atom is -0.322 e. The second-order valence-corrected chi connectivity index (χ2v) is 9.97. The maximum atomic E-state index is 2.44. The molecular formula is C25H52N+. The van der Waals surface area contributed by atoms with Gasteiger partial charge in [-0.15, -0.1) is 0 Å². The van der Waals surface area contributed by atoms with E-state index in [0.717, 1.165) is 12.0 Å². The standard InChI is InChI=1S/C25H52N/c1-24(2)20-16-14-12-10-8-6-5-7-9-11-13-15-17-21-26(25(3)4)22-18-19-23-26/h24-25H,5-23H2,1-4H3/q+1. The van der Waals surface area contributed by atoms with Crippen LogP contribution in [0.25, 0.3) is 0 Å². The van der Waals surface area contributed by atoms with Crippen molar-refractivity contribution in [3.8, 4) is 0 Å². The molecule has 0 N–H and O–H groups in total. The molecule has 0 aromatic heterocycles. The van der Waals surface area contributed by atoms with E-state index < -0.39 is 0 Å². The van der Waals surface area contributed by atoms with Gasteiger partial charge in [-0.25, -0.2) is 0 Å². The maximum Gasteiger partial charge on any atom is 0.0833 e. The Morgan fingerprint density at radius 2 is 0.923 bits per heavy atom. The number of likely N-dealkylation sites (tertiary alicyclic amines) is 1. The smallest absolute Gasteiger partial charge is 0.0833 e. The third-order valence-electron chi connectivity index (χ3n) is 6.94. The highest BCUT2D eigenvalue weighted by Gasteiger charge is 2.33. The van der Waals surface area contributed by atoms with E-state index in [-0.39, 0.29) is 0 Å². The largest absolute Gasteiger partial charge is 0.322 e. The molecule has 1 aliphatic rings. The summed E-state index contributed by atoms with van der Waals surface area (Å²) in [5, 5.41) is 0. The van der Waals surface area contributed by atoms with E-state index >= 15 is 0 Å². The Balaban J connectivity index is 1.80. The molecule has 0 atom stereocenters. The lowest BCUT2D eigenvalue weighted by Gasteiger charge is -2.38. The van der Waals surface area contributed by atoms with Crippen LogP contribution in [0.1, 0.15) is 130 Å². The second-order valence-electron chi connectivity index (χ2n) is 9.97. The molecule has 0 radical (unpaired) electrons. The molecule has 1 heterocycles. The summed E-state index contributed by atoms with van der Waals surface area (Å²) in [5.41, 5.74) is 0. The van der Waals surface area contributed by atoms with E-state index in [4.69, 9.17) is 0 Å². The summed E-state index contributed by atoms with van der Waals surface area (Å²) in [6.45, 7) is 13.9. The first-order valence-corrected chi connectivity index (χ1v) is 12.4. The van der Waals surface area contributed by atoms with Crippen molar-refractivity contribution in [2.75, 3.05) is 19.6 Å². The van der Waals surface area contributed by atoms with Crippen LogP contribution < -0.4 is 0 Å². The minimum atomic E-state index is 0.840. The average Bonchev–Trinajstić information content (AvgIpc) is 3.08. The number of hydrogen-bond donors (Lipinski definition) is 0. The Kier molecular flexibility index (Phi) is 13.8. The zero-order valence-electron chi connectivity index (χ0n) is 19.0. The Morgan fingerprint density at radius 1 is 0.538 bits per heavy atom. The molecule has 0 spiro atoms. The van der Waals surface area contributed by atoms with Gasteiger partial charge in [0.15, 0.2) is 0 Å². The molecule has 1 nitrogen and oxygen atoms in total. The molecule has 0 aromatic rings. The van der Waals surface area contributed by atoms with Gasteiger partial charge in [0.25, 0.3) is 0 Å². The van der Waals surface area contributed by atoms with Crippen LogP contribution in [-0.4, -0.2) is 30.2 Å². The maximum absolute atomic E-state index is 2.44. The highest BCUT2D eigenvalue weighted by Crippen LogP contribution is 2.25. The molecule has 0 bridgehead atoms. The first kappa shape index (κ1) is 24.0. The molecule has 0 saturated carbocycles. The van der Waals surface area contributed by atoms with Crippen molar-refractivity contribution >= 4 is 0 Å². The van der Waals surface area contributed by atoms with Gasteiger partial charge in [0, 0.05) is 12.8 Å². The fourth-order valence-electron chi connectivity index (χ4n) is 4.89. The SMILES string of the molecule is CC(C)CCCCCCCCCCCCCCC[N+]1(C(C)C)CCCC1. The average molecular weight is 367 g/mol. The third kappa shape index (κ3) is 11.0. The van der Waals surface area contributed by atoms with E-state index in [0.29, 0.717) is 0 Å². The molecule has 1 saturated heterocycles. The molecule has 1 aliphatic heterocycles. The summed E-state index contributed by atoms with van der Waals surface area (Å²) in [4.78, 5) is 0. The summed E-state index contributed by atoms with van der Waals surface area (Å²) in [6.07, 6.45) is 23.6. The lowest BCUT2D eigenvalue weighted by molar-refractivity contribution is -0.937. The third-order valence-corrected chi connectivity index (χ3v) is 6.94. The fourth-order valence-corrected chi connectivity index (χ4v) is 4.89. The lowest BCUT2D eigenvalue weighted by Crippen LogP contribution is -2.51. The van der Waals surface area contributed by atoms with Crippen molar-refractivity contribution in [1.29, 1.82) is 0 Å². The summed E-state index contributed by atoms with van der Waals surface area (Å²) in [7, 11) is 0. The van der Waals surface area contributed by atoms with Gasteiger partial charge in [-0.3, -0.25) is 0 Å². The Labute approximate surface area is 166 Å². The second kappa shape index (κ2) is 14.9. The van der Waals surface area contributed by atoms with Gasteiger partial charge >= 0.3 is 0 Å². The lowest BCUT2D eigenvalue weighted by atomic mass is 10.0. The van der Waals surface area contributed by atoms with Crippen molar-refractivity contribution in [3.63, 3.8) is 0 Å². The topological polar surface area (TPSA) is 0 Å². The number of nitrogens with zero attached hydrogens (tertiary/aromatic N) is 1. The van der Waals surface area contributed by atoms with E-state index in [2.05, 4.69) is 27.7 Å². The first-order chi connectivity index (χ1) is 12.6. The van der Waals surface area contributed by atoms with Gasteiger partial charge < -0.3 is 4.48 Å². The van der Waals surface area contributed by atoms with Crippen LogP contribution in [0.4, 0.5) is 0 Å². The van der Waals surface area contributed by atoms with E-state index in [1.807, 2.05) is 0 Å². The molecule has 0 aliphatic carbocycles. The van der Waals surface area contributed by atoms with Crippen LogP contribution >= 0.6 is 0 Å². The van der Waals surface area contributed by atoms with E-state index in [9.17, 15) is 0 Å². The molecule has 1 rings (SSSR count). The van der Waals surface area contributed by atoms with E-state index in [1.165, 1.54) is 127 Å². The molecule has 0 unspecified atom stereocenters. The summed E-state index contributed by atoms with van der Waals surface area (Å²) >= 11 is 0. The Bertz CT molecular complexity index is 301. The zero-order chi connectivity index (χ0) is 19.1. The van der Waals surface area contributed by atoms with Crippen LogP contribution in [0.2, 0.25) is 0 Å². The number of rotatable bonds is 17. The van der Waals surface area contributed by atoms with Gasteiger partial charge in [0.1, 0.15) is 0 Å². The molecule has 156 valence electrons. The van der Waals surface area contributed by atoms with Gasteiger partial charge in [0.05, 0.1) is 25.7 Å². The summed E-state index contributed by atoms with van der Waals surface area (Å²) in [5.74, 6) is 0.896. The number of quaternary nitrogens is 1. The quantitative estimate of drug-likeness (QED) is 0.180. The van der Waals surface area contributed by atoms with Gasteiger partial charge in [0.2, 0.25) is 0 Å². The van der Waals surface area contributed by atoms with Crippen molar-refractivity contribution in [3.05, 3.63) is 0 Å². The van der Waals surface area contributed by atoms with Gasteiger partial charge in [-0.05, 0) is 32.6 Å². The molecule has 1 fully saturated rings. The van der Waals surface area contributed by atoms with Crippen LogP contribution in [-0.2, 0) is 0 Å². The molecule has 0 aromatic carbocycles. The highest BCUT2D eigenvalue weighted by molar-refractivity contribution is 4.59. The minimum absolute atomic E-state index is 0.840. The predicted octanol–water partition coefficient (Wildman–Crippen LogP) is 8.12. The molecule has 0 amide bonds. The van der Waals surface area contributed by atoms with Crippen LogP contribution in [0.3, 0.4) is 0 Å². The predicted molar refractivity (Wildman–Crippen MR) is 119 cm³/mol. The van der Waals surface area contributed by atoms with Crippen molar-refractivity contribution < 1.29 is 4.48 Å². The van der Waals surface area contributed by atoms with E-state index in [1.54, 1.807) is 0 Å². The zero-order valence-corrected chi connectivity index (χ0v) is 19.0. The normalized spacial score (nSPS) is 16.8. The monoisotopic (exact) mass is 366 g/mol. The fraction of sp³-hybridized carbons (Fsp3) is 1.00. The summed E-state index contributed by atoms with van der Waals surface area (Å²) < 4.78 is 1.43. The first-order valence-electron chi connectivity index (χ1n) is 12.4. The Morgan fingerprint density at radius 3 is 1.31 bits per heavy atom. The number of unbranched alkanes of at least 4 members (excludes halogenated alkanes) is 12. The molecule has 1 heteroatoms.